The van der Waals surface area contributed by atoms with Crippen molar-refractivity contribution >= 4 is 17.3 Å². The van der Waals surface area contributed by atoms with E-state index in [2.05, 4.69) is 0 Å². The predicted molar refractivity (Wildman–Crippen MR) is 109 cm³/mol. The van der Waals surface area contributed by atoms with Crippen LogP contribution < -0.4 is 0 Å². The zero-order valence-electron chi connectivity index (χ0n) is 18.7. The summed E-state index contributed by atoms with van der Waals surface area (Å²) in [5.74, 6) is -0.0210. The van der Waals surface area contributed by atoms with Crippen molar-refractivity contribution in [3.05, 3.63) is 35.5 Å². The van der Waals surface area contributed by atoms with E-state index in [9.17, 15) is 19.5 Å². The van der Waals surface area contributed by atoms with Crippen molar-refractivity contribution < 1.29 is 49.8 Å². The Balaban J connectivity index is -0.000000165. The minimum absolute atomic E-state index is 0. The summed E-state index contributed by atoms with van der Waals surface area (Å²) in [5.41, 5.74) is -0.764. The number of rotatable bonds is 3. The van der Waals surface area contributed by atoms with Crippen molar-refractivity contribution in [2.75, 3.05) is 0 Å². The van der Waals surface area contributed by atoms with E-state index in [1.54, 1.807) is 0 Å². The molecule has 0 heterocycles. The molecule has 0 rings (SSSR count). The predicted octanol–water partition coefficient (Wildman–Crippen LogP) is 5.16. The number of aliphatic hydroxyl groups excluding tert-OH is 3. The van der Waals surface area contributed by atoms with Crippen LogP contribution in [-0.2, 0) is 34.5 Å². The van der Waals surface area contributed by atoms with E-state index in [0.717, 1.165) is 0 Å². The van der Waals surface area contributed by atoms with E-state index in [1.807, 2.05) is 41.5 Å². The van der Waals surface area contributed by atoms with Gasteiger partial charge in [-0.3, -0.25) is 14.4 Å². The van der Waals surface area contributed by atoms with E-state index in [1.165, 1.54) is 45.9 Å². The van der Waals surface area contributed by atoms with Gasteiger partial charge in [0.2, 0.25) is 0 Å². The van der Waals surface area contributed by atoms with Gasteiger partial charge in [-0.1, -0.05) is 41.5 Å². The Labute approximate surface area is 182 Å². The Kier molecular flexibility index (Phi) is 18.4. The normalized spacial score (nSPS) is 12.4. The third-order valence-electron chi connectivity index (χ3n) is 2.60. The van der Waals surface area contributed by atoms with Crippen molar-refractivity contribution in [1.29, 1.82) is 0 Å². The summed E-state index contributed by atoms with van der Waals surface area (Å²) in [6.45, 7) is 16.8. The first-order valence-electron chi connectivity index (χ1n) is 8.52. The first-order valence-corrected chi connectivity index (χ1v) is 8.52. The van der Waals surface area contributed by atoms with Crippen molar-refractivity contribution in [2.45, 2.75) is 69.2 Å². The van der Waals surface area contributed by atoms with Crippen molar-refractivity contribution in [3.8, 4) is 0 Å². The van der Waals surface area contributed by atoms with Gasteiger partial charge in [0.15, 0.2) is 17.3 Å². The molecule has 0 aromatic carbocycles. The summed E-state index contributed by atoms with van der Waals surface area (Å²) in [6.07, 6.45) is 3.67. The zero-order chi connectivity index (χ0) is 22.6. The number of hydrogen-bond acceptors (Lipinski definition) is 6. The maximum Gasteiger partial charge on any atom is 0.164 e. The van der Waals surface area contributed by atoms with Gasteiger partial charge >= 0.3 is 0 Å². The van der Waals surface area contributed by atoms with Crippen molar-refractivity contribution in [1.82, 2.24) is 0 Å². The summed E-state index contributed by atoms with van der Waals surface area (Å²) in [7, 11) is 0. The van der Waals surface area contributed by atoms with Gasteiger partial charge in [0.25, 0.3) is 0 Å². The molecule has 0 atom stereocenters. The van der Waals surface area contributed by atoms with Crippen molar-refractivity contribution in [2.24, 2.45) is 10.8 Å². The number of ketones is 3. The second kappa shape index (κ2) is 15.2. The van der Waals surface area contributed by atoms with E-state index in [0.29, 0.717) is 0 Å². The topological polar surface area (TPSA) is 112 Å². The second-order valence-corrected chi connectivity index (χ2v) is 8.19. The summed E-state index contributed by atoms with van der Waals surface area (Å²) in [6, 6.07) is 0. The Morgan fingerprint density at radius 2 is 0.893 bits per heavy atom. The molecule has 6 nitrogen and oxygen atoms in total. The number of carbonyl (C=O) groups excluding carboxylic acids is 3. The number of hydrogen-bond donors (Lipinski definition) is 3. The molecule has 28 heavy (non-hydrogen) atoms. The number of aliphatic hydroxyl groups is 3. The number of carbonyl (C=O) groups is 3. The third-order valence-corrected chi connectivity index (χ3v) is 2.60. The van der Waals surface area contributed by atoms with E-state index in [-0.39, 0.29) is 60.1 Å². The molecular weight excluding hydrogens is 446 g/mol. The van der Waals surface area contributed by atoms with Crippen LogP contribution in [0, 0.1) is 10.8 Å². The average molecular weight is 483 g/mol. The Hall–Kier alpha value is -1.72. The molecular formula is C21H36O6Tc. The fourth-order valence-corrected chi connectivity index (χ4v) is 1.15. The fourth-order valence-electron chi connectivity index (χ4n) is 1.15. The summed E-state index contributed by atoms with van der Waals surface area (Å²) >= 11 is 0. The van der Waals surface area contributed by atoms with Crippen LogP contribution in [0.3, 0.4) is 0 Å². The maximum atomic E-state index is 11.5. The second-order valence-electron chi connectivity index (χ2n) is 8.19. The Morgan fingerprint density at radius 1 is 0.607 bits per heavy atom. The minimum Gasteiger partial charge on any atom is -0.512 e. The zero-order valence-corrected chi connectivity index (χ0v) is 20.5. The van der Waals surface area contributed by atoms with E-state index in [4.69, 9.17) is 10.2 Å². The number of allylic oxidation sites excluding steroid dienone is 6. The minimum atomic E-state index is -0.417. The van der Waals surface area contributed by atoms with Gasteiger partial charge in [-0.15, -0.1) is 0 Å². The SMILES string of the molecule is CC(=O)/C=C(/C)O.CC(=O)/C=C(/C)O.CC(C)(C)C(=O)/C=C(\O)C(C)(C)C.[Tc]. The summed E-state index contributed by atoms with van der Waals surface area (Å²) < 4.78 is 0. The van der Waals surface area contributed by atoms with Crippen LogP contribution in [0.2, 0.25) is 0 Å². The Morgan fingerprint density at radius 3 is 1.00 bits per heavy atom. The quantitative estimate of drug-likeness (QED) is 0.378. The van der Waals surface area contributed by atoms with Crippen LogP contribution in [0.5, 0.6) is 0 Å². The maximum absolute atomic E-state index is 11.5. The first-order chi connectivity index (χ1) is 11.8. The molecule has 3 N–H and O–H groups in total. The molecule has 0 aromatic rings. The summed E-state index contributed by atoms with van der Waals surface area (Å²) in [5, 5.41) is 26.3. The standard InChI is InChI=1S/C11H20O2.2C5H8O2.Tc/c1-10(2,3)8(12)7-9(13)11(4,5)6;2*1-4(6)3-5(2)7;/h7,12H,1-6H3;2*3,6H,1-2H3;/b8-7-;2*4-3-;. The van der Waals surface area contributed by atoms with Gasteiger partial charge in [-0.05, 0) is 27.7 Å². The van der Waals surface area contributed by atoms with Crippen LogP contribution in [0.25, 0.3) is 0 Å². The van der Waals surface area contributed by atoms with E-state index < -0.39 is 5.41 Å². The molecule has 0 aliphatic rings. The van der Waals surface area contributed by atoms with Crippen LogP contribution in [0.15, 0.2) is 35.5 Å². The molecule has 7 heteroatoms. The molecule has 0 saturated heterocycles. The van der Waals surface area contributed by atoms with Gasteiger partial charge in [0.1, 0.15) is 5.76 Å². The van der Waals surface area contributed by atoms with E-state index >= 15 is 0 Å². The van der Waals surface area contributed by atoms with Gasteiger partial charge in [0.05, 0.1) is 11.5 Å². The average Bonchev–Trinajstić information content (AvgIpc) is 2.33. The fraction of sp³-hybridized carbons (Fsp3) is 0.571. The molecule has 0 saturated carbocycles. The molecule has 163 valence electrons. The monoisotopic (exact) mass is 481 g/mol. The molecule has 0 fully saturated rings. The van der Waals surface area contributed by atoms with Gasteiger partial charge in [0, 0.05) is 49.2 Å². The first kappa shape index (κ1) is 33.8. The Bertz CT molecular complexity index is 563. The molecule has 1 radical (unpaired) electrons. The van der Waals surface area contributed by atoms with Crippen LogP contribution in [-0.4, -0.2) is 32.7 Å². The molecule has 0 aromatic heterocycles. The molecule has 0 spiro atoms. The smallest absolute Gasteiger partial charge is 0.164 e. The van der Waals surface area contributed by atoms with Crippen molar-refractivity contribution in [3.63, 3.8) is 0 Å². The van der Waals surface area contributed by atoms with Crippen LogP contribution in [0.1, 0.15) is 69.2 Å². The van der Waals surface area contributed by atoms with Crippen LogP contribution in [0.4, 0.5) is 0 Å². The van der Waals surface area contributed by atoms with Gasteiger partial charge in [-0.25, -0.2) is 0 Å². The third kappa shape index (κ3) is 26.5. The molecule has 0 aliphatic carbocycles. The van der Waals surface area contributed by atoms with Crippen LogP contribution >= 0.6 is 0 Å². The summed E-state index contributed by atoms with van der Waals surface area (Å²) in [4.78, 5) is 31.5. The largest absolute Gasteiger partial charge is 0.512 e. The molecule has 0 aliphatic heterocycles. The molecule has 0 amide bonds. The van der Waals surface area contributed by atoms with Gasteiger partial charge < -0.3 is 15.3 Å². The molecule has 0 bridgehead atoms. The molecule has 0 unspecified atom stereocenters. The van der Waals surface area contributed by atoms with Gasteiger partial charge in [-0.2, -0.15) is 0 Å².